The number of aryl methyl sites for hydroxylation is 1. The Morgan fingerprint density at radius 1 is 1.10 bits per heavy atom. The summed E-state index contributed by atoms with van der Waals surface area (Å²) in [6.07, 6.45) is 2.27. The van der Waals surface area contributed by atoms with Crippen LogP contribution in [0.3, 0.4) is 0 Å². The monoisotopic (exact) mass is 274 g/mol. The van der Waals surface area contributed by atoms with Crippen molar-refractivity contribution >= 4 is 27.5 Å². The predicted molar refractivity (Wildman–Crippen MR) is 83.4 cm³/mol. The minimum Gasteiger partial charge on any atom is -0.374 e. The van der Waals surface area contributed by atoms with Crippen LogP contribution < -0.4 is 4.90 Å². The summed E-state index contributed by atoms with van der Waals surface area (Å²) in [4.78, 5) is 2.29. The molecule has 0 spiro atoms. The van der Waals surface area contributed by atoms with Gasteiger partial charge in [0.2, 0.25) is 0 Å². The summed E-state index contributed by atoms with van der Waals surface area (Å²) in [5.41, 5.74) is 5.00. The standard InChI is InChI=1S/C17H14N4/c1-21-6-2-3-12-8-16-14(9-17(12)21)13-7-11(10-18)4-5-15(13)19-20-16/h4-5,7-9H,2-3,6H2,1H3. The number of hydrogen-bond acceptors (Lipinski definition) is 4. The van der Waals surface area contributed by atoms with Gasteiger partial charge in [-0.25, -0.2) is 0 Å². The highest BCUT2D eigenvalue weighted by atomic mass is 15.1. The molecular formula is C17H14N4. The van der Waals surface area contributed by atoms with Gasteiger partial charge in [-0.1, -0.05) is 0 Å². The van der Waals surface area contributed by atoms with Crippen LogP contribution in [0, 0.1) is 11.3 Å². The maximum Gasteiger partial charge on any atom is 0.0991 e. The van der Waals surface area contributed by atoms with E-state index in [-0.39, 0.29) is 0 Å². The van der Waals surface area contributed by atoms with Crippen LogP contribution in [-0.4, -0.2) is 23.8 Å². The molecule has 2 aromatic carbocycles. The van der Waals surface area contributed by atoms with Gasteiger partial charge in [-0.15, -0.1) is 10.2 Å². The summed E-state index contributed by atoms with van der Waals surface area (Å²) < 4.78 is 0. The zero-order chi connectivity index (χ0) is 14.4. The molecule has 0 N–H and O–H groups in total. The molecule has 21 heavy (non-hydrogen) atoms. The lowest BCUT2D eigenvalue weighted by atomic mass is 9.98. The van der Waals surface area contributed by atoms with Crippen LogP contribution in [0.4, 0.5) is 5.69 Å². The number of rotatable bonds is 0. The molecule has 4 heteroatoms. The molecule has 0 amide bonds. The van der Waals surface area contributed by atoms with Gasteiger partial charge in [-0.2, -0.15) is 5.26 Å². The first-order chi connectivity index (χ1) is 10.3. The average molecular weight is 274 g/mol. The molecule has 4 rings (SSSR count). The van der Waals surface area contributed by atoms with Crippen molar-refractivity contribution in [3.05, 3.63) is 41.5 Å². The molecule has 0 unspecified atom stereocenters. The number of aromatic nitrogens is 2. The van der Waals surface area contributed by atoms with Crippen molar-refractivity contribution in [3.8, 4) is 6.07 Å². The molecule has 102 valence electrons. The smallest absolute Gasteiger partial charge is 0.0991 e. The van der Waals surface area contributed by atoms with Crippen LogP contribution in [0.1, 0.15) is 17.5 Å². The lowest BCUT2D eigenvalue weighted by Crippen LogP contribution is -2.24. The van der Waals surface area contributed by atoms with Gasteiger partial charge >= 0.3 is 0 Å². The van der Waals surface area contributed by atoms with Gasteiger partial charge in [-0.05, 0) is 48.7 Å². The Morgan fingerprint density at radius 3 is 2.76 bits per heavy atom. The van der Waals surface area contributed by atoms with E-state index in [0.717, 1.165) is 34.8 Å². The number of nitriles is 1. The first-order valence-corrected chi connectivity index (χ1v) is 7.10. The highest BCUT2D eigenvalue weighted by Crippen LogP contribution is 2.32. The first-order valence-electron chi connectivity index (χ1n) is 7.10. The van der Waals surface area contributed by atoms with E-state index >= 15 is 0 Å². The molecule has 0 fully saturated rings. The van der Waals surface area contributed by atoms with E-state index in [1.165, 1.54) is 17.7 Å². The zero-order valence-corrected chi connectivity index (χ0v) is 11.8. The molecule has 3 aromatic rings. The van der Waals surface area contributed by atoms with Crippen molar-refractivity contribution < 1.29 is 0 Å². The number of fused-ring (bicyclic) bond motifs is 4. The number of nitrogens with zero attached hydrogens (tertiary/aromatic N) is 4. The average Bonchev–Trinajstić information content (AvgIpc) is 2.53. The quantitative estimate of drug-likeness (QED) is 0.591. The van der Waals surface area contributed by atoms with Crippen LogP contribution in [0.15, 0.2) is 30.3 Å². The third-order valence-electron chi connectivity index (χ3n) is 4.23. The fraction of sp³-hybridized carbons (Fsp3) is 0.235. The topological polar surface area (TPSA) is 52.8 Å². The second-order valence-electron chi connectivity index (χ2n) is 5.57. The predicted octanol–water partition coefficient (Wildman–Crippen LogP) is 3.04. The van der Waals surface area contributed by atoms with Gasteiger partial charge in [0.25, 0.3) is 0 Å². The molecule has 0 bridgehead atoms. The van der Waals surface area contributed by atoms with E-state index in [0.29, 0.717) is 5.56 Å². The van der Waals surface area contributed by atoms with Gasteiger partial charge in [0.05, 0.1) is 22.7 Å². The Balaban J connectivity index is 2.10. The highest BCUT2D eigenvalue weighted by Gasteiger charge is 2.16. The van der Waals surface area contributed by atoms with Crippen molar-refractivity contribution in [2.45, 2.75) is 12.8 Å². The van der Waals surface area contributed by atoms with Crippen molar-refractivity contribution in [2.75, 3.05) is 18.5 Å². The second-order valence-corrected chi connectivity index (χ2v) is 5.57. The molecule has 2 heterocycles. The van der Waals surface area contributed by atoms with E-state index in [4.69, 9.17) is 5.26 Å². The third-order valence-corrected chi connectivity index (χ3v) is 4.23. The second kappa shape index (κ2) is 4.42. The minimum atomic E-state index is 0.655. The molecule has 1 aliphatic heterocycles. The van der Waals surface area contributed by atoms with E-state index in [1.54, 1.807) is 6.07 Å². The normalized spacial score (nSPS) is 14.2. The largest absolute Gasteiger partial charge is 0.374 e. The Bertz CT molecular complexity index is 908. The van der Waals surface area contributed by atoms with Crippen molar-refractivity contribution in [3.63, 3.8) is 0 Å². The highest BCUT2D eigenvalue weighted by molar-refractivity contribution is 6.05. The summed E-state index contributed by atoms with van der Waals surface area (Å²) in [6, 6.07) is 12.1. The summed E-state index contributed by atoms with van der Waals surface area (Å²) >= 11 is 0. The number of benzene rings is 2. The van der Waals surface area contributed by atoms with Crippen LogP contribution in [0.2, 0.25) is 0 Å². The molecule has 4 nitrogen and oxygen atoms in total. The maximum absolute atomic E-state index is 9.11. The Morgan fingerprint density at radius 2 is 1.90 bits per heavy atom. The summed E-state index contributed by atoms with van der Waals surface area (Å²) in [5.74, 6) is 0. The van der Waals surface area contributed by atoms with E-state index in [9.17, 15) is 0 Å². The molecule has 0 saturated heterocycles. The van der Waals surface area contributed by atoms with E-state index < -0.39 is 0 Å². The molecule has 0 atom stereocenters. The third kappa shape index (κ3) is 1.82. The molecule has 0 saturated carbocycles. The zero-order valence-electron chi connectivity index (χ0n) is 11.8. The van der Waals surface area contributed by atoms with Crippen molar-refractivity contribution in [2.24, 2.45) is 0 Å². The fourth-order valence-electron chi connectivity index (χ4n) is 3.12. The Labute approximate surface area is 122 Å². The van der Waals surface area contributed by atoms with Gasteiger partial charge < -0.3 is 4.90 Å². The van der Waals surface area contributed by atoms with Crippen LogP contribution in [-0.2, 0) is 6.42 Å². The number of hydrogen-bond donors (Lipinski definition) is 0. The van der Waals surface area contributed by atoms with Crippen molar-refractivity contribution in [1.29, 1.82) is 5.26 Å². The lowest BCUT2D eigenvalue weighted by Gasteiger charge is -2.27. The van der Waals surface area contributed by atoms with Gasteiger partial charge in [0.15, 0.2) is 0 Å². The minimum absolute atomic E-state index is 0.655. The molecule has 0 aliphatic carbocycles. The maximum atomic E-state index is 9.11. The summed E-state index contributed by atoms with van der Waals surface area (Å²) in [7, 11) is 2.13. The first kappa shape index (κ1) is 12.1. The van der Waals surface area contributed by atoms with E-state index in [2.05, 4.69) is 40.3 Å². The lowest BCUT2D eigenvalue weighted by molar-refractivity contribution is 0.745. The van der Waals surface area contributed by atoms with Crippen LogP contribution in [0.5, 0.6) is 0 Å². The van der Waals surface area contributed by atoms with E-state index in [1.807, 2.05) is 12.1 Å². The number of anilines is 1. The van der Waals surface area contributed by atoms with Crippen LogP contribution >= 0.6 is 0 Å². The Hall–Kier alpha value is -2.67. The molecule has 1 aliphatic rings. The SMILES string of the molecule is CN1CCCc2cc3nnc4ccc(C#N)cc4c3cc21. The molecular weight excluding hydrogens is 260 g/mol. The Kier molecular flexibility index (Phi) is 2.55. The van der Waals surface area contributed by atoms with Gasteiger partial charge in [-0.3, -0.25) is 0 Å². The summed E-state index contributed by atoms with van der Waals surface area (Å²) in [6.45, 7) is 1.08. The van der Waals surface area contributed by atoms with Crippen LogP contribution in [0.25, 0.3) is 21.8 Å². The van der Waals surface area contributed by atoms with Crippen molar-refractivity contribution in [1.82, 2.24) is 10.2 Å². The molecule has 1 aromatic heterocycles. The fourth-order valence-corrected chi connectivity index (χ4v) is 3.12. The van der Waals surface area contributed by atoms with Gasteiger partial charge in [0, 0.05) is 30.1 Å². The molecule has 0 radical (unpaired) electrons. The summed E-state index contributed by atoms with van der Waals surface area (Å²) in [5, 5.41) is 19.8. The van der Waals surface area contributed by atoms with Gasteiger partial charge in [0.1, 0.15) is 0 Å².